The molecule has 1 saturated carbocycles. The third kappa shape index (κ3) is 4.04. The molecule has 1 amide bonds. The van der Waals surface area contributed by atoms with E-state index in [4.69, 9.17) is 5.73 Å². The molecule has 1 aliphatic carbocycles. The lowest BCUT2D eigenvalue weighted by Crippen LogP contribution is -2.37. The highest BCUT2D eigenvalue weighted by atomic mass is 32.2. The Morgan fingerprint density at radius 3 is 2.60 bits per heavy atom. The lowest BCUT2D eigenvalue weighted by Gasteiger charge is -2.26. The van der Waals surface area contributed by atoms with Crippen molar-refractivity contribution in [3.63, 3.8) is 0 Å². The summed E-state index contributed by atoms with van der Waals surface area (Å²) < 4.78 is 0.255. The molecule has 108 valence electrons. The highest BCUT2D eigenvalue weighted by molar-refractivity contribution is 8.00. The fourth-order valence-corrected chi connectivity index (χ4v) is 3.47. The Kier molecular flexibility index (Phi) is 5.12. The van der Waals surface area contributed by atoms with Gasteiger partial charge in [-0.1, -0.05) is 25.0 Å². The van der Waals surface area contributed by atoms with Gasteiger partial charge >= 0.3 is 0 Å². The molecule has 0 radical (unpaired) electrons. The molecule has 3 N–H and O–H groups in total. The average molecular weight is 290 g/mol. The van der Waals surface area contributed by atoms with Gasteiger partial charge in [0.25, 0.3) is 0 Å². The number of nitrogens with one attached hydrogen (secondary N) is 1. The van der Waals surface area contributed by atoms with Crippen molar-refractivity contribution in [2.45, 2.75) is 30.4 Å². The molecule has 1 aromatic rings. The number of nitrogen functional groups attached to an aromatic ring is 1. The normalized spacial score (nSPS) is 17.4. The van der Waals surface area contributed by atoms with E-state index < -0.39 is 0 Å². The van der Waals surface area contributed by atoms with Crippen LogP contribution in [0.2, 0.25) is 0 Å². The summed E-state index contributed by atoms with van der Waals surface area (Å²) >= 11 is 1.89. The number of hydrogen-bond acceptors (Lipinski definition) is 3. The lowest BCUT2D eigenvalue weighted by atomic mass is 10.1. The lowest BCUT2D eigenvalue weighted by molar-refractivity contribution is -0.116. The van der Waals surface area contributed by atoms with E-state index in [2.05, 4.69) is 11.6 Å². The van der Waals surface area contributed by atoms with Crippen molar-refractivity contribution in [2.24, 2.45) is 0 Å². The summed E-state index contributed by atoms with van der Waals surface area (Å²) in [7, 11) is 0. The van der Waals surface area contributed by atoms with Gasteiger partial charge in [-0.2, -0.15) is 11.8 Å². The summed E-state index contributed by atoms with van der Waals surface area (Å²) in [6.45, 7) is 0.763. The highest BCUT2D eigenvalue weighted by Gasteiger charge is 2.32. The van der Waals surface area contributed by atoms with Crippen LogP contribution >= 0.6 is 11.8 Å². The third-order valence-electron chi connectivity index (χ3n) is 3.90. The fraction of sp³-hybridized carbons (Fsp3) is 0.438. The Hall–Kier alpha value is -1.42. The van der Waals surface area contributed by atoms with Crippen LogP contribution in [0, 0.1) is 0 Å². The van der Waals surface area contributed by atoms with Gasteiger partial charge in [-0.15, -0.1) is 0 Å². The monoisotopic (exact) mass is 290 g/mol. The predicted molar refractivity (Wildman–Crippen MR) is 87.6 cm³/mol. The molecule has 2 rings (SSSR count). The van der Waals surface area contributed by atoms with Gasteiger partial charge in [-0.25, -0.2) is 0 Å². The van der Waals surface area contributed by atoms with E-state index in [0.717, 1.165) is 17.8 Å². The molecule has 1 fully saturated rings. The second kappa shape index (κ2) is 6.84. The summed E-state index contributed by atoms with van der Waals surface area (Å²) in [5.41, 5.74) is 7.34. The summed E-state index contributed by atoms with van der Waals surface area (Å²) in [5.74, 6) is -0.0258. The molecule has 20 heavy (non-hydrogen) atoms. The van der Waals surface area contributed by atoms with Crippen LogP contribution in [0.15, 0.2) is 30.3 Å². The number of thioether (sulfide) groups is 1. The minimum atomic E-state index is -0.0258. The summed E-state index contributed by atoms with van der Waals surface area (Å²) in [6.07, 6.45) is 10.5. The zero-order valence-electron chi connectivity index (χ0n) is 11.9. The number of anilines is 1. The number of carbonyl (C=O) groups is 1. The standard InChI is InChI=1S/C16H22N2OS/c1-20-16(10-2-3-11-16)12-18-15(19)9-6-13-4-7-14(17)8-5-13/h4-9H,2-3,10-12,17H2,1H3,(H,18,19)/b9-6+. The smallest absolute Gasteiger partial charge is 0.244 e. The van der Waals surface area contributed by atoms with Crippen LogP contribution < -0.4 is 11.1 Å². The van der Waals surface area contributed by atoms with Gasteiger partial charge < -0.3 is 11.1 Å². The fourth-order valence-electron chi connectivity index (χ4n) is 2.56. The van der Waals surface area contributed by atoms with Crippen LogP contribution in [0.25, 0.3) is 6.08 Å². The molecule has 0 unspecified atom stereocenters. The Morgan fingerprint density at radius 2 is 2.00 bits per heavy atom. The average Bonchev–Trinajstić information content (AvgIpc) is 2.94. The summed E-state index contributed by atoms with van der Waals surface area (Å²) in [5, 5.41) is 3.03. The minimum Gasteiger partial charge on any atom is -0.399 e. The molecule has 0 saturated heterocycles. The van der Waals surface area contributed by atoms with E-state index in [1.54, 1.807) is 6.08 Å². The molecule has 1 aliphatic rings. The number of carbonyl (C=O) groups excluding carboxylic acids is 1. The highest BCUT2D eigenvalue weighted by Crippen LogP contribution is 2.39. The van der Waals surface area contributed by atoms with Crippen LogP contribution in [0.4, 0.5) is 5.69 Å². The van der Waals surface area contributed by atoms with Crippen LogP contribution in [-0.4, -0.2) is 23.5 Å². The number of amides is 1. The molecule has 0 aromatic heterocycles. The SMILES string of the molecule is CSC1(CNC(=O)/C=C/c2ccc(N)cc2)CCCC1. The zero-order chi connectivity index (χ0) is 14.4. The second-order valence-corrected chi connectivity index (χ2v) is 6.59. The first-order valence-corrected chi connectivity index (χ1v) is 8.23. The van der Waals surface area contributed by atoms with Gasteiger partial charge in [0, 0.05) is 23.1 Å². The molecule has 0 spiro atoms. The largest absolute Gasteiger partial charge is 0.399 e. The first-order valence-electron chi connectivity index (χ1n) is 7.00. The molecule has 3 nitrogen and oxygen atoms in total. The van der Waals surface area contributed by atoms with Crippen molar-refractivity contribution < 1.29 is 4.79 Å². The quantitative estimate of drug-likeness (QED) is 0.647. The third-order valence-corrected chi connectivity index (χ3v) is 5.31. The van der Waals surface area contributed by atoms with E-state index in [1.165, 1.54) is 25.7 Å². The van der Waals surface area contributed by atoms with E-state index in [0.29, 0.717) is 0 Å². The molecule has 0 aliphatic heterocycles. The molecule has 4 heteroatoms. The van der Waals surface area contributed by atoms with E-state index in [9.17, 15) is 4.79 Å². The van der Waals surface area contributed by atoms with Gasteiger partial charge in [0.1, 0.15) is 0 Å². The Bertz CT molecular complexity index is 476. The first kappa shape index (κ1) is 15.0. The van der Waals surface area contributed by atoms with E-state index in [1.807, 2.05) is 42.1 Å². The summed E-state index contributed by atoms with van der Waals surface area (Å²) in [4.78, 5) is 11.9. The number of nitrogens with two attached hydrogens (primary N) is 1. The van der Waals surface area contributed by atoms with E-state index in [-0.39, 0.29) is 10.7 Å². The van der Waals surface area contributed by atoms with Crippen molar-refractivity contribution in [3.05, 3.63) is 35.9 Å². The van der Waals surface area contributed by atoms with Crippen LogP contribution in [0.3, 0.4) is 0 Å². The maximum absolute atomic E-state index is 11.9. The minimum absolute atomic E-state index is 0.0258. The van der Waals surface area contributed by atoms with Crippen molar-refractivity contribution in [1.82, 2.24) is 5.32 Å². The maximum atomic E-state index is 11.9. The number of benzene rings is 1. The van der Waals surface area contributed by atoms with Crippen LogP contribution in [0.1, 0.15) is 31.2 Å². The van der Waals surface area contributed by atoms with Gasteiger partial charge in [0.15, 0.2) is 0 Å². The molecular formula is C16H22N2OS. The van der Waals surface area contributed by atoms with Gasteiger partial charge in [-0.05, 0) is 42.9 Å². The topological polar surface area (TPSA) is 55.1 Å². The second-order valence-electron chi connectivity index (χ2n) is 5.31. The van der Waals surface area contributed by atoms with Gasteiger partial charge in [-0.3, -0.25) is 4.79 Å². The summed E-state index contributed by atoms with van der Waals surface area (Å²) in [6, 6.07) is 7.47. The van der Waals surface area contributed by atoms with Gasteiger partial charge in [0.2, 0.25) is 5.91 Å². The number of hydrogen-bond donors (Lipinski definition) is 2. The molecule has 0 bridgehead atoms. The van der Waals surface area contributed by atoms with Crippen LogP contribution in [0.5, 0.6) is 0 Å². The molecular weight excluding hydrogens is 268 g/mol. The van der Waals surface area contributed by atoms with Crippen molar-refractivity contribution in [2.75, 3.05) is 18.5 Å². The molecule has 1 aromatic carbocycles. The predicted octanol–water partition coefficient (Wildman–Crippen LogP) is 3.07. The molecule has 0 atom stereocenters. The Morgan fingerprint density at radius 1 is 1.35 bits per heavy atom. The van der Waals surface area contributed by atoms with Crippen LogP contribution in [-0.2, 0) is 4.79 Å². The van der Waals surface area contributed by atoms with Crippen molar-refractivity contribution in [3.8, 4) is 0 Å². The first-order chi connectivity index (χ1) is 9.63. The Labute approximate surface area is 125 Å². The zero-order valence-corrected chi connectivity index (χ0v) is 12.7. The molecule has 0 heterocycles. The van der Waals surface area contributed by atoms with Gasteiger partial charge in [0.05, 0.1) is 0 Å². The Balaban J connectivity index is 1.84. The van der Waals surface area contributed by atoms with Crippen molar-refractivity contribution in [1.29, 1.82) is 0 Å². The van der Waals surface area contributed by atoms with Crippen molar-refractivity contribution >= 4 is 29.4 Å². The maximum Gasteiger partial charge on any atom is 0.244 e. The number of rotatable bonds is 5. The van der Waals surface area contributed by atoms with E-state index >= 15 is 0 Å².